The Morgan fingerprint density at radius 1 is 1.15 bits per heavy atom. The fourth-order valence-corrected chi connectivity index (χ4v) is 4.24. The molecule has 0 aromatic heterocycles. The van der Waals surface area contributed by atoms with Crippen molar-refractivity contribution in [1.82, 2.24) is 4.31 Å². The van der Waals surface area contributed by atoms with E-state index in [0.29, 0.717) is 10.7 Å². The predicted octanol–water partition coefficient (Wildman–Crippen LogP) is 3.37. The lowest BCUT2D eigenvalue weighted by atomic mass is 10.2. The van der Waals surface area contributed by atoms with Gasteiger partial charge < -0.3 is 9.64 Å². The fraction of sp³-hybridized carbons (Fsp3) is 0.318. The highest BCUT2D eigenvalue weighted by Gasteiger charge is 2.21. The molecule has 0 aliphatic heterocycles. The molecule has 0 saturated carbocycles. The summed E-state index contributed by atoms with van der Waals surface area (Å²) in [7, 11) is -2.46. The quantitative estimate of drug-likeness (QED) is 0.442. The van der Waals surface area contributed by atoms with Gasteiger partial charge in [0.2, 0.25) is 10.0 Å². The van der Waals surface area contributed by atoms with Gasteiger partial charge in [-0.25, -0.2) is 17.1 Å². The third kappa shape index (κ3) is 7.82. The number of ether oxygens (including phenoxy) is 1. The summed E-state index contributed by atoms with van der Waals surface area (Å²) in [5.74, 6) is -1.73. The Morgan fingerprint density at radius 2 is 1.85 bits per heavy atom. The van der Waals surface area contributed by atoms with E-state index in [1.165, 1.54) is 24.1 Å². The van der Waals surface area contributed by atoms with E-state index in [9.17, 15) is 22.4 Å². The Morgan fingerprint density at radius 3 is 2.48 bits per heavy atom. The first-order valence-electron chi connectivity index (χ1n) is 9.95. The average molecular weight is 496 g/mol. The average Bonchev–Trinajstić information content (AvgIpc) is 2.78. The highest BCUT2D eigenvalue weighted by atomic mass is 35.5. The third-order valence-corrected chi connectivity index (χ3v) is 6.71. The SMILES string of the molecule is CN(CCCC(=O)OCC(=O)N(CCC#N)c1cccc(Cl)c1)S(=O)(=O)c1ccc(F)cc1. The van der Waals surface area contributed by atoms with Gasteiger partial charge in [-0.2, -0.15) is 5.26 Å². The minimum absolute atomic E-state index is 0.0273. The number of carbonyl (C=O) groups is 2. The molecule has 2 aromatic carbocycles. The Bertz CT molecular complexity index is 1120. The molecule has 0 saturated heterocycles. The second-order valence-electron chi connectivity index (χ2n) is 6.98. The van der Waals surface area contributed by atoms with Crippen molar-refractivity contribution in [2.24, 2.45) is 0 Å². The number of rotatable bonds is 11. The van der Waals surface area contributed by atoms with E-state index in [0.717, 1.165) is 16.4 Å². The molecule has 0 heterocycles. The van der Waals surface area contributed by atoms with E-state index < -0.39 is 34.3 Å². The number of halogens is 2. The molecule has 0 atom stereocenters. The first kappa shape index (κ1) is 26.3. The zero-order valence-corrected chi connectivity index (χ0v) is 19.5. The van der Waals surface area contributed by atoms with Gasteiger partial charge in [0.1, 0.15) is 5.82 Å². The third-order valence-electron chi connectivity index (χ3n) is 4.60. The molecular formula is C22H23ClFN3O5S. The lowest BCUT2D eigenvalue weighted by Gasteiger charge is -2.22. The smallest absolute Gasteiger partial charge is 0.306 e. The van der Waals surface area contributed by atoms with Gasteiger partial charge in [-0.15, -0.1) is 0 Å². The van der Waals surface area contributed by atoms with Crippen LogP contribution in [0.15, 0.2) is 53.4 Å². The predicted molar refractivity (Wildman–Crippen MR) is 120 cm³/mol. The second-order valence-corrected chi connectivity index (χ2v) is 9.46. The van der Waals surface area contributed by atoms with Crippen molar-refractivity contribution in [3.63, 3.8) is 0 Å². The maximum Gasteiger partial charge on any atom is 0.306 e. The second kappa shape index (κ2) is 12.3. The zero-order chi connectivity index (χ0) is 24.4. The van der Waals surface area contributed by atoms with Gasteiger partial charge in [-0.05, 0) is 48.9 Å². The van der Waals surface area contributed by atoms with Crippen LogP contribution in [0, 0.1) is 17.1 Å². The molecule has 0 spiro atoms. The first-order valence-corrected chi connectivity index (χ1v) is 11.8. The summed E-state index contributed by atoms with van der Waals surface area (Å²) in [5, 5.41) is 9.25. The van der Waals surface area contributed by atoms with Crippen LogP contribution in [-0.2, 0) is 24.3 Å². The molecule has 0 fully saturated rings. The topological polar surface area (TPSA) is 108 Å². The molecule has 1 amide bonds. The standard InChI is InChI=1S/C22H23ClFN3O5S/c1-26(33(30,31)20-10-8-18(24)9-11-20)13-3-7-22(29)32-16-21(28)27(14-4-12-25)19-6-2-5-17(23)15-19/h2,5-6,8-11,15H,3-4,7,13-14,16H2,1H3. The molecule has 0 aliphatic carbocycles. The van der Waals surface area contributed by atoms with E-state index in [1.54, 1.807) is 24.3 Å². The summed E-state index contributed by atoms with van der Waals surface area (Å²) >= 11 is 5.96. The molecule has 2 aromatic rings. The van der Waals surface area contributed by atoms with E-state index in [2.05, 4.69) is 0 Å². The summed E-state index contributed by atoms with van der Waals surface area (Å²) in [5.41, 5.74) is 0.478. The van der Waals surface area contributed by atoms with Crippen molar-refractivity contribution in [2.45, 2.75) is 24.2 Å². The van der Waals surface area contributed by atoms with Crippen LogP contribution in [0.1, 0.15) is 19.3 Å². The molecule has 8 nitrogen and oxygen atoms in total. The van der Waals surface area contributed by atoms with Crippen LogP contribution in [0.2, 0.25) is 5.02 Å². The van der Waals surface area contributed by atoms with Crippen LogP contribution in [-0.4, -0.2) is 51.3 Å². The largest absolute Gasteiger partial charge is 0.456 e. The molecule has 2 rings (SSSR count). The lowest BCUT2D eigenvalue weighted by Crippen LogP contribution is -2.35. The zero-order valence-electron chi connectivity index (χ0n) is 17.9. The summed E-state index contributed by atoms with van der Waals surface area (Å²) < 4.78 is 44.0. The van der Waals surface area contributed by atoms with Crippen molar-refractivity contribution in [2.75, 3.05) is 31.6 Å². The number of nitriles is 1. The first-order chi connectivity index (χ1) is 15.6. The Labute approximate surface area is 197 Å². The summed E-state index contributed by atoms with van der Waals surface area (Å²) in [6.45, 7) is -0.390. The van der Waals surface area contributed by atoms with E-state index in [4.69, 9.17) is 21.6 Å². The monoisotopic (exact) mass is 495 g/mol. The van der Waals surface area contributed by atoms with Crippen LogP contribution in [0.5, 0.6) is 0 Å². The number of hydrogen-bond acceptors (Lipinski definition) is 6. The summed E-state index contributed by atoms with van der Waals surface area (Å²) in [4.78, 5) is 25.8. The normalized spacial score (nSPS) is 11.1. The summed E-state index contributed by atoms with van der Waals surface area (Å²) in [6, 6.07) is 12.9. The molecule has 0 bridgehead atoms. The van der Waals surface area contributed by atoms with E-state index in [-0.39, 0.29) is 37.2 Å². The molecule has 0 radical (unpaired) electrons. The number of anilines is 1. The number of nitrogens with zero attached hydrogens (tertiary/aromatic N) is 3. The number of carbonyl (C=O) groups excluding carboxylic acids is 2. The van der Waals surface area contributed by atoms with Crippen LogP contribution in [0.3, 0.4) is 0 Å². The minimum Gasteiger partial charge on any atom is -0.456 e. The molecule has 176 valence electrons. The maximum absolute atomic E-state index is 13.0. The molecule has 33 heavy (non-hydrogen) atoms. The molecule has 11 heteroatoms. The van der Waals surface area contributed by atoms with Gasteiger partial charge in [0.25, 0.3) is 5.91 Å². The van der Waals surface area contributed by atoms with Crippen molar-refractivity contribution >= 4 is 39.2 Å². The van der Waals surface area contributed by atoms with Gasteiger partial charge in [0, 0.05) is 37.3 Å². The van der Waals surface area contributed by atoms with Crippen molar-refractivity contribution < 1.29 is 27.1 Å². The minimum atomic E-state index is -3.82. The molecule has 0 N–H and O–H groups in total. The highest BCUT2D eigenvalue weighted by Crippen LogP contribution is 2.20. The van der Waals surface area contributed by atoms with Gasteiger partial charge in [-0.1, -0.05) is 17.7 Å². The summed E-state index contributed by atoms with van der Waals surface area (Å²) in [6.07, 6.45) is 0.142. The Kier molecular flexibility index (Phi) is 9.78. The van der Waals surface area contributed by atoms with Crippen LogP contribution in [0.25, 0.3) is 0 Å². The molecule has 0 unspecified atom stereocenters. The lowest BCUT2D eigenvalue weighted by molar-refractivity contribution is -0.147. The number of hydrogen-bond donors (Lipinski definition) is 0. The van der Waals surface area contributed by atoms with Gasteiger partial charge >= 0.3 is 5.97 Å². The number of esters is 1. The van der Waals surface area contributed by atoms with Crippen LogP contribution in [0.4, 0.5) is 10.1 Å². The van der Waals surface area contributed by atoms with Crippen molar-refractivity contribution in [1.29, 1.82) is 5.26 Å². The Balaban J connectivity index is 1.85. The highest BCUT2D eigenvalue weighted by molar-refractivity contribution is 7.89. The van der Waals surface area contributed by atoms with Crippen molar-refractivity contribution in [3.8, 4) is 6.07 Å². The van der Waals surface area contributed by atoms with Crippen molar-refractivity contribution in [3.05, 3.63) is 59.4 Å². The van der Waals surface area contributed by atoms with Gasteiger partial charge in [-0.3, -0.25) is 9.59 Å². The van der Waals surface area contributed by atoms with Crippen LogP contribution >= 0.6 is 11.6 Å². The maximum atomic E-state index is 13.0. The molecular weight excluding hydrogens is 473 g/mol. The fourth-order valence-electron chi connectivity index (χ4n) is 2.85. The Hall–Kier alpha value is -3.00. The van der Waals surface area contributed by atoms with E-state index in [1.807, 2.05) is 6.07 Å². The van der Waals surface area contributed by atoms with Crippen LogP contribution < -0.4 is 4.90 Å². The van der Waals surface area contributed by atoms with Gasteiger partial charge in [0.05, 0.1) is 17.4 Å². The van der Waals surface area contributed by atoms with Gasteiger partial charge in [0.15, 0.2) is 6.61 Å². The van der Waals surface area contributed by atoms with E-state index >= 15 is 0 Å². The number of benzene rings is 2. The number of sulfonamides is 1. The number of amides is 1. The molecule has 0 aliphatic rings.